The van der Waals surface area contributed by atoms with Crippen LogP contribution in [0.1, 0.15) is 57.2 Å². The van der Waals surface area contributed by atoms with Crippen molar-refractivity contribution >= 4 is 0 Å². The third-order valence-corrected chi connectivity index (χ3v) is 7.56. The van der Waals surface area contributed by atoms with Gasteiger partial charge >= 0.3 is 22.8 Å². The van der Waals surface area contributed by atoms with Crippen molar-refractivity contribution in [3.05, 3.63) is 41.9 Å². The Hall–Kier alpha value is -2.52. The fourth-order valence-corrected chi connectivity index (χ4v) is 6.25. The molecule has 1 N–H and O–H groups in total. The molecule has 146 valence electrons. The number of aromatic amines is 1. The van der Waals surface area contributed by atoms with Crippen LogP contribution < -0.4 is 22.8 Å². The minimum atomic E-state index is -0.430. The third-order valence-electron chi connectivity index (χ3n) is 7.56. The first-order valence-corrected chi connectivity index (χ1v) is 9.56. The van der Waals surface area contributed by atoms with Crippen LogP contribution in [-0.4, -0.2) is 28.3 Å². The van der Waals surface area contributed by atoms with Crippen molar-refractivity contribution in [1.29, 1.82) is 0 Å². The van der Waals surface area contributed by atoms with E-state index in [0.29, 0.717) is 0 Å². The monoisotopic (exact) mass is 376 g/mol. The molecule has 6 rings (SSSR count). The number of H-pyrrole nitrogens is 1. The summed E-state index contributed by atoms with van der Waals surface area (Å²) in [4.78, 5) is 50.1. The number of rotatable bonds is 1. The Bertz CT molecular complexity index is 1170. The lowest BCUT2D eigenvalue weighted by molar-refractivity contribution is -0.120. The largest absolute Gasteiger partial charge is 0.347 e. The Morgan fingerprint density at radius 3 is 2.22 bits per heavy atom. The zero-order valence-electron chi connectivity index (χ0n) is 15.7. The van der Waals surface area contributed by atoms with E-state index in [1.54, 1.807) is 9.36 Å². The SMILES string of the molecule is Cn1c(=O)[nH]n([C@@H]2CCC[C@@H]3[C@H]4CC[C@H](n5c(=O)n(C)c(=O)n54)[C@@]32C)c1=O. The molecule has 5 atom stereocenters. The molecule has 2 aliphatic heterocycles. The molecular weight excluding hydrogens is 352 g/mol. The Morgan fingerprint density at radius 2 is 1.56 bits per heavy atom. The number of aromatic nitrogens is 6. The van der Waals surface area contributed by atoms with Gasteiger partial charge in [0, 0.05) is 19.5 Å². The van der Waals surface area contributed by atoms with E-state index >= 15 is 0 Å². The molecular formula is C17H24N6O4. The normalized spacial score (nSPS) is 34.5. The van der Waals surface area contributed by atoms with E-state index < -0.39 is 5.69 Å². The molecule has 27 heavy (non-hydrogen) atoms. The summed E-state index contributed by atoms with van der Waals surface area (Å²) in [5.74, 6) is 0.185. The van der Waals surface area contributed by atoms with E-state index in [4.69, 9.17) is 0 Å². The summed E-state index contributed by atoms with van der Waals surface area (Å²) in [5, 5.41) is 2.71. The fraction of sp³-hybridized carbons (Fsp3) is 0.765. The fourth-order valence-electron chi connectivity index (χ4n) is 6.25. The molecule has 10 nitrogen and oxygen atoms in total. The molecule has 2 bridgehead atoms. The van der Waals surface area contributed by atoms with Crippen LogP contribution in [0.2, 0.25) is 0 Å². The average molecular weight is 376 g/mol. The Labute approximate surface area is 153 Å². The molecule has 10 heteroatoms. The highest BCUT2D eigenvalue weighted by Crippen LogP contribution is 2.64. The zero-order chi connectivity index (χ0) is 19.2. The van der Waals surface area contributed by atoms with Crippen LogP contribution in [0.3, 0.4) is 0 Å². The highest BCUT2D eigenvalue weighted by molar-refractivity contribution is 5.11. The minimum Gasteiger partial charge on any atom is -0.246 e. The maximum atomic E-state index is 12.8. The highest BCUT2D eigenvalue weighted by Gasteiger charge is 2.61. The second-order valence-electron chi connectivity index (χ2n) is 8.52. The van der Waals surface area contributed by atoms with Crippen LogP contribution in [0, 0.1) is 11.3 Å². The van der Waals surface area contributed by atoms with E-state index in [0.717, 1.165) is 36.7 Å². The number of nitrogens with one attached hydrogen (secondary N) is 1. The van der Waals surface area contributed by atoms with Gasteiger partial charge in [-0.25, -0.2) is 47.5 Å². The zero-order valence-corrected chi connectivity index (χ0v) is 15.7. The third kappa shape index (κ3) is 1.76. The van der Waals surface area contributed by atoms with Crippen molar-refractivity contribution in [2.45, 2.75) is 57.2 Å². The molecule has 2 saturated carbocycles. The molecule has 4 aliphatic rings. The van der Waals surface area contributed by atoms with Gasteiger partial charge in [0.25, 0.3) is 0 Å². The van der Waals surface area contributed by atoms with E-state index in [-0.39, 0.29) is 46.5 Å². The number of hydrogen-bond donors (Lipinski definition) is 1. The van der Waals surface area contributed by atoms with Gasteiger partial charge in [-0.2, -0.15) is 0 Å². The van der Waals surface area contributed by atoms with Gasteiger partial charge in [0.05, 0.1) is 18.1 Å². The van der Waals surface area contributed by atoms with Crippen molar-refractivity contribution in [2.75, 3.05) is 0 Å². The molecule has 0 saturated heterocycles. The first-order valence-electron chi connectivity index (χ1n) is 9.56. The van der Waals surface area contributed by atoms with Crippen LogP contribution in [-0.2, 0) is 14.1 Å². The Kier molecular flexibility index (Phi) is 3.11. The summed E-state index contributed by atoms with van der Waals surface area (Å²) in [6.07, 6.45) is 4.30. The number of nitrogens with zero attached hydrogens (tertiary/aromatic N) is 5. The van der Waals surface area contributed by atoms with Gasteiger partial charge in [0.15, 0.2) is 0 Å². The molecule has 0 aromatic carbocycles. The standard InChI is InChI=1S/C17H24N6O4/c1-17-9(5-4-6-11(17)21-14(25)19(2)13(24)18-21)10-7-8-12(17)23-16(27)20(3)15(26)22(10)23/h9-12H,4-8H2,1-3H3,(H,18,24)/t9-,10-,11-,12+,17+/m1/s1. The molecule has 0 radical (unpaired) electrons. The van der Waals surface area contributed by atoms with Crippen LogP contribution in [0.15, 0.2) is 19.2 Å². The summed E-state index contributed by atoms with van der Waals surface area (Å²) in [6, 6.07) is -0.424. The Balaban J connectivity index is 1.76. The highest BCUT2D eigenvalue weighted by atomic mass is 16.2. The van der Waals surface area contributed by atoms with E-state index in [1.807, 2.05) is 0 Å². The summed E-state index contributed by atoms with van der Waals surface area (Å²) in [6.45, 7) is 2.13. The first-order chi connectivity index (χ1) is 12.8. The maximum absolute atomic E-state index is 12.8. The van der Waals surface area contributed by atoms with Crippen molar-refractivity contribution < 1.29 is 0 Å². The minimum absolute atomic E-state index is 0.0460. The van der Waals surface area contributed by atoms with Crippen molar-refractivity contribution in [2.24, 2.45) is 25.4 Å². The molecule has 4 heterocycles. The second kappa shape index (κ2) is 5.05. The Morgan fingerprint density at radius 1 is 0.852 bits per heavy atom. The quantitative estimate of drug-likeness (QED) is 0.722. The first kappa shape index (κ1) is 16.6. The summed E-state index contributed by atoms with van der Waals surface area (Å²) in [5.41, 5.74) is -1.73. The molecule has 2 fully saturated rings. The summed E-state index contributed by atoms with van der Waals surface area (Å²) < 4.78 is 7.00. The van der Waals surface area contributed by atoms with Crippen LogP contribution >= 0.6 is 0 Å². The molecule has 2 aliphatic carbocycles. The number of fused-ring (bicyclic) bond motifs is 1. The van der Waals surface area contributed by atoms with Gasteiger partial charge < -0.3 is 0 Å². The lowest BCUT2D eigenvalue weighted by atomic mass is 9.53. The van der Waals surface area contributed by atoms with Gasteiger partial charge in [-0.15, -0.1) is 0 Å². The van der Waals surface area contributed by atoms with Crippen LogP contribution in [0.5, 0.6) is 0 Å². The van der Waals surface area contributed by atoms with E-state index in [9.17, 15) is 19.2 Å². The van der Waals surface area contributed by atoms with E-state index in [2.05, 4.69) is 12.0 Å². The molecule has 0 spiro atoms. The summed E-state index contributed by atoms with van der Waals surface area (Å²) in [7, 11) is 2.98. The molecule has 0 amide bonds. The van der Waals surface area contributed by atoms with Crippen LogP contribution in [0.4, 0.5) is 0 Å². The number of hydrogen-bond acceptors (Lipinski definition) is 4. The smallest absolute Gasteiger partial charge is 0.246 e. The van der Waals surface area contributed by atoms with Crippen molar-refractivity contribution in [3.8, 4) is 0 Å². The van der Waals surface area contributed by atoms with Gasteiger partial charge in [-0.3, -0.25) is 0 Å². The predicted molar refractivity (Wildman–Crippen MR) is 96.0 cm³/mol. The van der Waals surface area contributed by atoms with Crippen molar-refractivity contribution in [3.63, 3.8) is 0 Å². The predicted octanol–water partition coefficient (Wildman–Crippen LogP) is -0.526. The lowest BCUT2D eigenvalue weighted by Crippen LogP contribution is -2.61. The maximum Gasteiger partial charge on any atom is 0.347 e. The second-order valence-corrected chi connectivity index (χ2v) is 8.52. The van der Waals surface area contributed by atoms with Crippen molar-refractivity contribution in [1.82, 2.24) is 28.3 Å². The van der Waals surface area contributed by atoms with Gasteiger partial charge in [0.2, 0.25) is 0 Å². The topological polar surface area (TPSA) is 109 Å². The van der Waals surface area contributed by atoms with Crippen LogP contribution in [0.25, 0.3) is 0 Å². The van der Waals surface area contributed by atoms with Gasteiger partial charge in [0.1, 0.15) is 0 Å². The molecule has 0 unspecified atom stereocenters. The van der Waals surface area contributed by atoms with Gasteiger partial charge in [-0.05, 0) is 31.6 Å². The molecule has 2 aromatic heterocycles. The summed E-state index contributed by atoms with van der Waals surface area (Å²) >= 11 is 0. The molecule has 2 aromatic rings. The average Bonchev–Trinajstić information content (AvgIpc) is 3.05. The van der Waals surface area contributed by atoms with Gasteiger partial charge in [-0.1, -0.05) is 13.3 Å². The van der Waals surface area contributed by atoms with E-state index in [1.165, 1.54) is 23.3 Å². The lowest BCUT2D eigenvalue weighted by Gasteiger charge is -2.60.